The van der Waals surface area contributed by atoms with Crippen LogP contribution in [0.4, 0.5) is 4.39 Å². The lowest BCUT2D eigenvalue weighted by molar-refractivity contribution is -0.159. The van der Waals surface area contributed by atoms with E-state index in [-0.39, 0.29) is 33.8 Å². The van der Waals surface area contributed by atoms with Gasteiger partial charge in [0.2, 0.25) is 0 Å². The van der Waals surface area contributed by atoms with Crippen molar-refractivity contribution < 1.29 is 18.8 Å². The van der Waals surface area contributed by atoms with Crippen LogP contribution in [-0.2, 0) is 14.4 Å². The normalized spacial score (nSPS) is 33.1. The first-order chi connectivity index (χ1) is 13.0. The van der Waals surface area contributed by atoms with Crippen LogP contribution in [0.3, 0.4) is 0 Å². The summed E-state index contributed by atoms with van der Waals surface area (Å²) in [6, 6.07) is 5.68. The summed E-state index contributed by atoms with van der Waals surface area (Å²) in [5, 5.41) is 1.97. The summed E-state index contributed by atoms with van der Waals surface area (Å²) in [4.78, 5) is 39.0. The molecule has 5 rings (SSSR count). The Morgan fingerprint density at radius 2 is 1.59 bits per heavy atom. The summed E-state index contributed by atoms with van der Waals surface area (Å²) in [5.41, 5.74) is 0.634. The highest BCUT2D eigenvalue weighted by Crippen LogP contribution is 2.53. The highest BCUT2D eigenvalue weighted by Gasteiger charge is 2.62. The number of thiocarbonyl (C=S) groups is 1. The van der Waals surface area contributed by atoms with Gasteiger partial charge in [0, 0.05) is 0 Å². The van der Waals surface area contributed by atoms with Gasteiger partial charge in [0.15, 0.2) is 4.32 Å². The number of rotatable bonds is 2. The van der Waals surface area contributed by atoms with Gasteiger partial charge in [-0.1, -0.05) is 36.0 Å². The first-order valence-electron chi connectivity index (χ1n) is 8.55. The van der Waals surface area contributed by atoms with E-state index in [0.29, 0.717) is 10.5 Å². The number of thioether (sulfide) groups is 1. The van der Waals surface area contributed by atoms with Crippen molar-refractivity contribution in [1.82, 2.24) is 10.0 Å². The monoisotopic (exact) mass is 400 g/mol. The quantitative estimate of drug-likeness (QED) is 0.331. The van der Waals surface area contributed by atoms with Crippen LogP contribution < -0.4 is 0 Å². The van der Waals surface area contributed by atoms with Gasteiger partial charge in [0.25, 0.3) is 17.7 Å². The predicted octanol–water partition coefficient (Wildman–Crippen LogP) is 2.75. The number of carbonyl (C=O) groups is 3. The molecule has 4 aliphatic rings. The molecule has 1 saturated carbocycles. The summed E-state index contributed by atoms with van der Waals surface area (Å²) in [6.07, 6.45) is 6.40. The minimum atomic E-state index is -0.503. The van der Waals surface area contributed by atoms with Crippen molar-refractivity contribution >= 4 is 52.1 Å². The van der Waals surface area contributed by atoms with E-state index in [1.807, 2.05) is 12.2 Å². The molecule has 2 bridgehead atoms. The third kappa shape index (κ3) is 2.36. The number of fused-ring (bicyclic) bond motifs is 5. The van der Waals surface area contributed by atoms with E-state index in [0.717, 1.165) is 28.2 Å². The van der Waals surface area contributed by atoms with Gasteiger partial charge in [-0.05, 0) is 54.2 Å². The molecular formula is C19H13FN2O3S2. The SMILES string of the molecule is O=C1C(=Cc2ccc(F)cc2)SC(=S)N1N1C(=O)C2C3C=CC(C3)C2C1=O. The van der Waals surface area contributed by atoms with Crippen molar-refractivity contribution in [2.45, 2.75) is 6.42 Å². The second-order valence-electron chi connectivity index (χ2n) is 7.03. The number of nitrogens with zero attached hydrogens (tertiary/aromatic N) is 2. The fraction of sp³-hybridized carbons (Fsp3) is 0.263. The van der Waals surface area contributed by atoms with Crippen LogP contribution in [0.2, 0.25) is 0 Å². The fourth-order valence-electron chi connectivity index (χ4n) is 4.43. The second kappa shape index (κ2) is 5.84. The maximum Gasteiger partial charge on any atom is 0.285 e. The van der Waals surface area contributed by atoms with E-state index in [4.69, 9.17) is 12.2 Å². The largest absolute Gasteiger partial charge is 0.285 e. The second-order valence-corrected chi connectivity index (χ2v) is 8.71. The van der Waals surface area contributed by atoms with Crippen LogP contribution in [0.5, 0.6) is 0 Å². The fourth-order valence-corrected chi connectivity index (χ4v) is 5.67. The molecule has 0 radical (unpaired) electrons. The molecule has 3 fully saturated rings. The molecule has 27 heavy (non-hydrogen) atoms. The lowest BCUT2D eigenvalue weighted by Gasteiger charge is -2.25. The minimum Gasteiger partial charge on any atom is -0.272 e. The van der Waals surface area contributed by atoms with Crippen LogP contribution in [0.1, 0.15) is 12.0 Å². The molecule has 0 spiro atoms. The van der Waals surface area contributed by atoms with Gasteiger partial charge >= 0.3 is 0 Å². The summed E-state index contributed by atoms with van der Waals surface area (Å²) in [7, 11) is 0. The number of hydrazine groups is 1. The number of benzene rings is 1. The Balaban J connectivity index is 1.45. The number of hydrogen-bond donors (Lipinski definition) is 0. The Morgan fingerprint density at radius 1 is 1.00 bits per heavy atom. The van der Waals surface area contributed by atoms with E-state index in [2.05, 4.69) is 0 Å². The van der Waals surface area contributed by atoms with E-state index >= 15 is 0 Å². The molecule has 1 aromatic carbocycles. The maximum absolute atomic E-state index is 13.1. The maximum atomic E-state index is 13.1. The molecule has 2 aliphatic carbocycles. The van der Waals surface area contributed by atoms with Crippen LogP contribution in [-0.4, -0.2) is 32.1 Å². The molecule has 2 heterocycles. The average molecular weight is 400 g/mol. The van der Waals surface area contributed by atoms with Gasteiger partial charge in [-0.3, -0.25) is 14.4 Å². The summed E-state index contributed by atoms with van der Waals surface area (Å²) in [5.74, 6) is -2.22. The summed E-state index contributed by atoms with van der Waals surface area (Å²) >= 11 is 6.32. The third-order valence-corrected chi connectivity index (χ3v) is 6.87. The molecule has 8 heteroatoms. The number of halogens is 1. The molecule has 5 nitrogen and oxygen atoms in total. The average Bonchev–Trinajstić information content (AvgIpc) is 3.37. The van der Waals surface area contributed by atoms with E-state index in [1.54, 1.807) is 18.2 Å². The minimum absolute atomic E-state index is 0.0645. The Labute approximate surface area is 163 Å². The summed E-state index contributed by atoms with van der Waals surface area (Å²) in [6.45, 7) is 0. The smallest absolute Gasteiger partial charge is 0.272 e. The number of imide groups is 1. The number of amides is 3. The van der Waals surface area contributed by atoms with E-state index in [9.17, 15) is 18.8 Å². The molecule has 0 N–H and O–H groups in total. The van der Waals surface area contributed by atoms with Gasteiger partial charge in [-0.2, -0.15) is 10.0 Å². The van der Waals surface area contributed by atoms with Gasteiger partial charge in [-0.25, -0.2) is 4.39 Å². The van der Waals surface area contributed by atoms with Gasteiger partial charge in [0.05, 0.1) is 16.7 Å². The van der Waals surface area contributed by atoms with Crippen LogP contribution in [0, 0.1) is 29.5 Å². The zero-order valence-corrected chi connectivity index (χ0v) is 15.5. The van der Waals surface area contributed by atoms with E-state index < -0.39 is 17.7 Å². The van der Waals surface area contributed by atoms with Crippen molar-refractivity contribution in [2.75, 3.05) is 0 Å². The van der Waals surface area contributed by atoms with Crippen molar-refractivity contribution in [1.29, 1.82) is 0 Å². The molecule has 4 unspecified atom stereocenters. The van der Waals surface area contributed by atoms with Gasteiger partial charge in [0.1, 0.15) is 5.82 Å². The molecule has 136 valence electrons. The summed E-state index contributed by atoms with van der Waals surface area (Å²) < 4.78 is 13.2. The number of allylic oxidation sites excluding steroid dienone is 2. The van der Waals surface area contributed by atoms with Crippen molar-refractivity contribution in [3.63, 3.8) is 0 Å². The molecule has 0 aromatic heterocycles. The molecule has 2 aliphatic heterocycles. The zero-order valence-electron chi connectivity index (χ0n) is 13.9. The predicted molar refractivity (Wildman–Crippen MR) is 101 cm³/mol. The molecule has 2 saturated heterocycles. The Bertz CT molecular complexity index is 942. The first-order valence-corrected chi connectivity index (χ1v) is 9.78. The highest BCUT2D eigenvalue weighted by atomic mass is 32.2. The van der Waals surface area contributed by atoms with Gasteiger partial charge < -0.3 is 0 Å². The third-order valence-electron chi connectivity index (χ3n) is 5.59. The van der Waals surface area contributed by atoms with Crippen LogP contribution in [0.15, 0.2) is 41.3 Å². The first kappa shape index (κ1) is 16.8. The zero-order chi connectivity index (χ0) is 18.9. The molecule has 1 aromatic rings. The molecular weight excluding hydrogens is 387 g/mol. The lowest BCUT2D eigenvalue weighted by Crippen LogP contribution is -2.49. The van der Waals surface area contributed by atoms with Crippen LogP contribution in [0.25, 0.3) is 6.08 Å². The highest BCUT2D eigenvalue weighted by molar-refractivity contribution is 8.26. The van der Waals surface area contributed by atoms with Crippen LogP contribution >= 0.6 is 24.0 Å². The lowest BCUT2D eigenvalue weighted by atomic mass is 9.85. The number of hydrogen-bond acceptors (Lipinski definition) is 5. The van der Waals surface area contributed by atoms with E-state index in [1.165, 1.54) is 12.1 Å². The Kier molecular flexibility index (Phi) is 3.64. The molecule has 3 amide bonds. The van der Waals surface area contributed by atoms with Crippen molar-refractivity contribution in [2.24, 2.45) is 23.7 Å². The number of carbonyl (C=O) groups excluding carboxylic acids is 3. The molecule has 4 atom stereocenters. The topological polar surface area (TPSA) is 57.7 Å². The standard InChI is InChI=1S/C19H13FN2O3S2/c20-12-5-1-9(2-6-12)7-13-16(23)22(19(26)27-13)21-17(24)14-10-3-4-11(8-10)15(14)18(21)25/h1-7,10-11,14-15H,8H2. The Hall–Kier alpha value is -2.32. The van der Waals surface area contributed by atoms with Crippen molar-refractivity contribution in [3.05, 3.63) is 52.7 Å². The van der Waals surface area contributed by atoms with Crippen molar-refractivity contribution in [3.8, 4) is 0 Å². The van der Waals surface area contributed by atoms with Gasteiger partial charge in [-0.15, -0.1) is 0 Å². The Morgan fingerprint density at radius 3 is 2.19 bits per heavy atom.